The summed E-state index contributed by atoms with van der Waals surface area (Å²) in [4.78, 5) is 34.7. The lowest BCUT2D eigenvalue weighted by Crippen LogP contribution is -2.41. The number of aromatic nitrogens is 2. The van der Waals surface area contributed by atoms with Crippen LogP contribution in [-0.2, 0) is 16.1 Å². The normalized spacial score (nSPS) is 16.9. The fraction of sp³-hybridized carbons (Fsp3) is 0.333. The van der Waals surface area contributed by atoms with Gasteiger partial charge in [-0.25, -0.2) is 9.78 Å². The number of ether oxygens (including phenoxy) is 1. The summed E-state index contributed by atoms with van der Waals surface area (Å²) < 4.78 is 5.38. The third-order valence-corrected chi connectivity index (χ3v) is 4.01. The fourth-order valence-corrected chi connectivity index (χ4v) is 2.73. The summed E-state index contributed by atoms with van der Waals surface area (Å²) in [5, 5.41) is 0. The van der Waals surface area contributed by atoms with Gasteiger partial charge in [0.2, 0.25) is 0 Å². The highest BCUT2D eigenvalue weighted by atomic mass is 16.5. The van der Waals surface area contributed by atoms with E-state index in [1.807, 2.05) is 30.3 Å². The van der Waals surface area contributed by atoms with E-state index in [4.69, 9.17) is 4.74 Å². The maximum atomic E-state index is 12.6. The largest absolute Gasteiger partial charge is 0.459 e. The zero-order valence-corrected chi connectivity index (χ0v) is 13.5. The van der Waals surface area contributed by atoms with Crippen LogP contribution in [0.15, 0.2) is 42.7 Å². The molecular weight excluding hydrogens is 306 g/mol. The predicted molar refractivity (Wildman–Crippen MR) is 87.1 cm³/mol. The van der Waals surface area contributed by atoms with Gasteiger partial charge < -0.3 is 9.64 Å². The molecule has 0 radical (unpaired) electrons. The van der Waals surface area contributed by atoms with Crippen LogP contribution in [0.2, 0.25) is 0 Å². The molecule has 6 nitrogen and oxygen atoms in total. The maximum absolute atomic E-state index is 12.6. The first kappa shape index (κ1) is 16.1. The molecule has 0 saturated carbocycles. The molecule has 2 heterocycles. The third kappa shape index (κ3) is 3.59. The van der Waals surface area contributed by atoms with Crippen molar-refractivity contribution in [3.8, 4) is 0 Å². The van der Waals surface area contributed by atoms with Gasteiger partial charge in [0.05, 0.1) is 11.9 Å². The molecule has 1 fully saturated rings. The fourth-order valence-electron chi connectivity index (χ4n) is 2.73. The monoisotopic (exact) mass is 325 g/mol. The minimum Gasteiger partial charge on any atom is -0.459 e. The van der Waals surface area contributed by atoms with Crippen molar-refractivity contribution in [2.75, 3.05) is 6.54 Å². The molecule has 24 heavy (non-hydrogen) atoms. The first-order valence-electron chi connectivity index (χ1n) is 7.95. The highest BCUT2D eigenvalue weighted by Crippen LogP contribution is 2.21. The van der Waals surface area contributed by atoms with Gasteiger partial charge in [-0.15, -0.1) is 0 Å². The van der Waals surface area contributed by atoms with Crippen LogP contribution < -0.4 is 0 Å². The van der Waals surface area contributed by atoms with Gasteiger partial charge in [-0.2, -0.15) is 0 Å². The summed E-state index contributed by atoms with van der Waals surface area (Å²) in [5.41, 5.74) is 1.92. The molecule has 0 N–H and O–H groups in total. The van der Waals surface area contributed by atoms with Crippen molar-refractivity contribution in [2.24, 2.45) is 0 Å². The Hall–Kier alpha value is -2.76. The molecule has 2 aromatic rings. The summed E-state index contributed by atoms with van der Waals surface area (Å²) in [5.74, 6) is -0.647. The Labute approximate surface area is 140 Å². The molecule has 1 aliphatic rings. The molecule has 0 spiro atoms. The van der Waals surface area contributed by atoms with Gasteiger partial charge in [-0.1, -0.05) is 30.3 Å². The SMILES string of the molecule is Cc1cnc(C(=O)N2CCCC2C(=O)OCc2ccccc2)cn1. The highest BCUT2D eigenvalue weighted by Gasteiger charge is 2.36. The van der Waals surface area contributed by atoms with E-state index in [0.29, 0.717) is 13.0 Å². The Bertz CT molecular complexity index is 716. The summed E-state index contributed by atoms with van der Waals surface area (Å²) in [7, 11) is 0. The van der Waals surface area contributed by atoms with Gasteiger partial charge in [0.1, 0.15) is 18.3 Å². The number of carbonyl (C=O) groups is 2. The zero-order chi connectivity index (χ0) is 16.9. The molecule has 1 aliphatic heterocycles. The van der Waals surface area contributed by atoms with Crippen LogP contribution in [0.5, 0.6) is 0 Å². The zero-order valence-electron chi connectivity index (χ0n) is 13.5. The molecule has 1 aromatic heterocycles. The Morgan fingerprint density at radius 1 is 1.21 bits per heavy atom. The smallest absolute Gasteiger partial charge is 0.329 e. The summed E-state index contributed by atoms with van der Waals surface area (Å²) in [6.45, 7) is 2.54. The Balaban J connectivity index is 1.65. The number of benzene rings is 1. The number of esters is 1. The lowest BCUT2D eigenvalue weighted by atomic mass is 10.2. The quantitative estimate of drug-likeness (QED) is 0.805. The molecular formula is C18H19N3O3. The minimum atomic E-state index is -0.552. The number of hydrogen-bond acceptors (Lipinski definition) is 5. The van der Waals surface area contributed by atoms with Gasteiger partial charge in [0.25, 0.3) is 5.91 Å². The minimum absolute atomic E-state index is 0.211. The van der Waals surface area contributed by atoms with Crippen molar-refractivity contribution < 1.29 is 14.3 Å². The summed E-state index contributed by atoms with van der Waals surface area (Å²) >= 11 is 0. The van der Waals surface area contributed by atoms with E-state index >= 15 is 0 Å². The van der Waals surface area contributed by atoms with Gasteiger partial charge >= 0.3 is 5.97 Å². The molecule has 6 heteroatoms. The van der Waals surface area contributed by atoms with E-state index in [9.17, 15) is 9.59 Å². The molecule has 1 atom stereocenters. The van der Waals surface area contributed by atoms with E-state index in [0.717, 1.165) is 17.7 Å². The van der Waals surface area contributed by atoms with E-state index < -0.39 is 6.04 Å². The Kier molecular flexibility index (Phi) is 4.84. The number of nitrogens with zero attached hydrogens (tertiary/aromatic N) is 3. The van der Waals surface area contributed by atoms with Crippen molar-refractivity contribution in [2.45, 2.75) is 32.4 Å². The first-order chi connectivity index (χ1) is 11.6. The van der Waals surface area contributed by atoms with Crippen molar-refractivity contribution in [1.29, 1.82) is 0 Å². The van der Waals surface area contributed by atoms with E-state index in [1.165, 1.54) is 11.1 Å². The summed E-state index contributed by atoms with van der Waals surface area (Å²) in [6.07, 6.45) is 4.38. The number of likely N-dealkylation sites (tertiary alicyclic amines) is 1. The maximum Gasteiger partial charge on any atom is 0.329 e. The van der Waals surface area contributed by atoms with E-state index in [-0.39, 0.29) is 24.2 Å². The molecule has 1 aromatic carbocycles. The highest BCUT2D eigenvalue weighted by molar-refractivity contribution is 5.95. The molecule has 1 saturated heterocycles. The lowest BCUT2D eigenvalue weighted by Gasteiger charge is -2.22. The van der Waals surface area contributed by atoms with E-state index in [2.05, 4.69) is 9.97 Å². The molecule has 0 aliphatic carbocycles. The third-order valence-electron chi connectivity index (χ3n) is 4.01. The van der Waals surface area contributed by atoms with Crippen LogP contribution >= 0.6 is 0 Å². The average molecular weight is 325 g/mol. The number of aryl methyl sites for hydroxylation is 1. The van der Waals surface area contributed by atoms with Crippen LogP contribution in [0, 0.1) is 6.92 Å². The van der Waals surface area contributed by atoms with Gasteiger partial charge in [-0.05, 0) is 25.3 Å². The van der Waals surface area contributed by atoms with Gasteiger partial charge in [0.15, 0.2) is 0 Å². The van der Waals surface area contributed by atoms with Gasteiger partial charge in [0, 0.05) is 12.7 Å². The lowest BCUT2D eigenvalue weighted by molar-refractivity contribution is -0.149. The Morgan fingerprint density at radius 3 is 2.71 bits per heavy atom. The van der Waals surface area contributed by atoms with Crippen molar-refractivity contribution in [1.82, 2.24) is 14.9 Å². The Morgan fingerprint density at radius 2 is 2.00 bits per heavy atom. The van der Waals surface area contributed by atoms with Crippen molar-refractivity contribution in [3.05, 3.63) is 59.7 Å². The second-order valence-electron chi connectivity index (χ2n) is 5.79. The van der Waals surface area contributed by atoms with Crippen molar-refractivity contribution >= 4 is 11.9 Å². The van der Waals surface area contributed by atoms with Crippen LogP contribution in [-0.4, -0.2) is 39.3 Å². The standard InChI is InChI=1S/C18H19N3O3/c1-13-10-20-15(11-19-13)17(22)21-9-5-8-16(21)18(23)24-12-14-6-3-2-4-7-14/h2-4,6-7,10-11,16H,5,8-9,12H2,1H3. The first-order valence-corrected chi connectivity index (χ1v) is 7.95. The predicted octanol–water partition coefficient (Wildman–Crippen LogP) is 2.13. The molecule has 0 bridgehead atoms. The number of carbonyl (C=O) groups excluding carboxylic acids is 2. The number of hydrogen-bond donors (Lipinski definition) is 0. The van der Waals surface area contributed by atoms with E-state index in [1.54, 1.807) is 13.1 Å². The molecule has 124 valence electrons. The van der Waals surface area contributed by atoms with Crippen LogP contribution in [0.3, 0.4) is 0 Å². The molecule has 1 unspecified atom stereocenters. The topological polar surface area (TPSA) is 72.4 Å². The van der Waals surface area contributed by atoms with Crippen LogP contribution in [0.25, 0.3) is 0 Å². The second-order valence-corrected chi connectivity index (χ2v) is 5.79. The molecule has 3 rings (SSSR count). The number of rotatable bonds is 4. The number of amides is 1. The van der Waals surface area contributed by atoms with Crippen LogP contribution in [0.1, 0.15) is 34.6 Å². The summed E-state index contributed by atoms with van der Waals surface area (Å²) in [6, 6.07) is 8.93. The molecule has 1 amide bonds. The average Bonchev–Trinajstić information content (AvgIpc) is 3.10. The van der Waals surface area contributed by atoms with Crippen molar-refractivity contribution in [3.63, 3.8) is 0 Å². The second kappa shape index (κ2) is 7.21. The van der Waals surface area contributed by atoms with Gasteiger partial charge in [-0.3, -0.25) is 9.78 Å². The van der Waals surface area contributed by atoms with Crippen LogP contribution in [0.4, 0.5) is 0 Å².